The average Bonchev–Trinajstić information content (AvgIpc) is 2.49. The number of benzene rings is 1. The fourth-order valence-electron chi connectivity index (χ4n) is 1.54. The molecule has 2 aromatic rings. The third-order valence-electron chi connectivity index (χ3n) is 2.59. The van der Waals surface area contributed by atoms with E-state index in [0.717, 1.165) is 6.20 Å². The highest BCUT2D eigenvalue weighted by Gasteiger charge is 2.11. The molecule has 0 atom stereocenters. The molecule has 1 aromatic heterocycles. The van der Waals surface area contributed by atoms with Crippen LogP contribution in [-0.4, -0.2) is 22.0 Å². The summed E-state index contributed by atoms with van der Waals surface area (Å²) in [7, 11) is 0. The molecule has 21 heavy (non-hydrogen) atoms. The Balaban J connectivity index is 2.18. The number of carboxylic acids is 1. The lowest BCUT2D eigenvalue weighted by Crippen LogP contribution is -2.13. The maximum atomic E-state index is 12.0. The monoisotopic (exact) mass is 301 g/mol. The van der Waals surface area contributed by atoms with E-state index in [1.807, 2.05) is 6.07 Å². The van der Waals surface area contributed by atoms with Gasteiger partial charge in [0.05, 0.1) is 27.9 Å². The number of hydrogen-bond acceptors (Lipinski definition) is 4. The molecule has 1 aromatic carbocycles. The van der Waals surface area contributed by atoms with Crippen LogP contribution in [0.15, 0.2) is 36.5 Å². The maximum Gasteiger partial charge on any atom is 0.354 e. The smallest absolute Gasteiger partial charge is 0.354 e. The van der Waals surface area contributed by atoms with Gasteiger partial charge in [-0.15, -0.1) is 0 Å². The molecule has 104 valence electrons. The van der Waals surface area contributed by atoms with Gasteiger partial charge in [0.1, 0.15) is 5.69 Å². The highest BCUT2D eigenvalue weighted by molar-refractivity contribution is 6.34. The SMILES string of the molecule is N#Cc1ccc(NC(=O)c2ccc(C(=O)O)nc2)c(Cl)c1. The summed E-state index contributed by atoms with van der Waals surface area (Å²) in [4.78, 5) is 26.3. The van der Waals surface area contributed by atoms with Crippen molar-refractivity contribution in [1.82, 2.24) is 4.98 Å². The molecule has 0 saturated carbocycles. The second-order valence-electron chi connectivity index (χ2n) is 4.00. The molecule has 0 saturated heterocycles. The second-order valence-corrected chi connectivity index (χ2v) is 4.41. The summed E-state index contributed by atoms with van der Waals surface area (Å²) < 4.78 is 0. The van der Waals surface area contributed by atoms with Crippen molar-refractivity contribution < 1.29 is 14.7 Å². The highest BCUT2D eigenvalue weighted by Crippen LogP contribution is 2.23. The van der Waals surface area contributed by atoms with Crippen LogP contribution in [0.5, 0.6) is 0 Å². The number of pyridine rings is 1. The number of carbonyl (C=O) groups excluding carboxylic acids is 1. The lowest BCUT2D eigenvalue weighted by Gasteiger charge is -2.07. The van der Waals surface area contributed by atoms with E-state index in [0.29, 0.717) is 11.3 Å². The van der Waals surface area contributed by atoms with Crippen molar-refractivity contribution in [3.05, 3.63) is 58.4 Å². The van der Waals surface area contributed by atoms with Gasteiger partial charge in [0.15, 0.2) is 0 Å². The number of amides is 1. The first-order valence-corrected chi connectivity index (χ1v) is 6.09. The van der Waals surface area contributed by atoms with Crippen molar-refractivity contribution in [2.45, 2.75) is 0 Å². The van der Waals surface area contributed by atoms with Crippen LogP contribution in [0.3, 0.4) is 0 Å². The Labute approximate surface area is 124 Å². The van der Waals surface area contributed by atoms with Crippen LogP contribution < -0.4 is 5.32 Å². The molecule has 1 amide bonds. The van der Waals surface area contributed by atoms with Crippen LogP contribution >= 0.6 is 11.6 Å². The zero-order valence-corrected chi connectivity index (χ0v) is 11.3. The van der Waals surface area contributed by atoms with E-state index in [1.165, 1.54) is 30.3 Å². The summed E-state index contributed by atoms with van der Waals surface area (Å²) in [6.45, 7) is 0. The molecule has 0 radical (unpaired) electrons. The van der Waals surface area contributed by atoms with E-state index in [2.05, 4.69) is 10.3 Å². The van der Waals surface area contributed by atoms with Crippen LogP contribution in [0, 0.1) is 11.3 Å². The fraction of sp³-hybridized carbons (Fsp3) is 0. The van der Waals surface area contributed by atoms with Crippen molar-refractivity contribution in [1.29, 1.82) is 5.26 Å². The van der Waals surface area contributed by atoms with E-state index in [4.69, 9.17) is 22.0 Å². The molecule has 0 aliphatic heterocycles. The highest BCUT2D eigenvalue weighted by atomic mass is 35.5. The van der Waals surface area contributed by atoms with Gasteiger partial charge in [-0.1, -0.05) is 11.6 Å². The molecule has 0 aliphatic rings. The van der Waals surface area contributed by atoms with Gasteiger partial charge in [-0.05, 0) is 30.3 Å². The molecule has 0 aliphatic carbocycles. The van der Waals surface area contributed by atoms with Crippen molar-refractivity contribution in [3.8, 4) is 6.07 Å². The zero-order chi connectivity index (χ0) is 15.4. The quantitative estimate of drug-likeness (QED) is 0.906. The molecule has 6 nitrogen and oxygen atoms in total. The first-order valence-electron chi connectivity index (χ1n) is 5.71. The van der Waals surface area contributed by atoms with E-state index in [-0.39, 0.29) is 16.3 Å². The number of carbonyl (C=O) groups is 2. The van der Waals surface area contributed by atoms with Gasteiger partial charge in [-0.3, -0.25) is 4.79 Å². The number of carboxylic acid groups (broad SMARTS) is 1. The predicted molar refractivity (Wildman–Crippen MR) is 75.3 cm³/mol. The van der Waals surface area contributed by atoms with E-state index in [9.17, 15) is 9.59 Å². The van der Waals surface area contributed by atoms with Gasteiger partial charge in [0.2, 0.25) is 0 Å². The number of hydrogen-bond donors (Lipinski definition) is 2. The molecule has 0 spiro atoms. The molecule has 1 heterocycles. The lowest BCUT2D eigenvalue weighted by molar-refractivity contribution is 0.0690. The van der Waals surface area contributed by atoms with Crippen LogP contribution in [-0.2, 0) is 0 Å². The van der Waals surface area contributed by atoms with Crippen molar-refractivity contribution in [3.63, 3.8) is 0 Å². The molecule has 2 N–H and O–H groups in total. The Morgan fingerprint density at radius 3 is 2.57 bits per heavy atom. The fourth-order valence-corrected chi connectivity index (χ4v) is 1.76. The number of nitrogens with one attached hydrogen (secondary N) is 1. The number of nitriles is 1. The number of rotatable bonds is 3. The number of aromatic carboxylic acids is 1. The third-order valence-corrected chi connectivity index (χ3v) is 2.90. The minimum absolute atomic E-state index is 0.150. The van der Waals surface area contributed by atoms with Gasteiger partial charge in [-0.2, -0.15) is 5.26 Å². The average molecular weight is 302 g/mol. The van der Waals surface area contributed by atoms with Gasteiger partial charge in [0, 0.05) is 6.20 Å². The summed E-state index contributed by atoms with van der Waals surface area (Å²) in [5.74, 6) is -1.65. The Bertz CT molecular complexity index is 751. The van der Waals surface area contributed by atoms with Crippen molar-refractivity contribution in [2.75, 3.05) is 5.32 Å². The maximum absolute atomic E-state index is 12.0. The number of halogens is 1. The summed E-state index contributed by atoms with van der Waals surface area (Å²) in [6, 6.07) is 8.98. The Kier molecular flexibility index (Phi) is 4.16. The van der Waals surface area contributed by atoms with E-state index in [1.54, 1.807) is 0 Å². The van der Waals surface area contributed by atoms with Gasteiger partial charge in [-0.25, -0.2) is 9.78 Å². The normalized spacial score (nSPS) is 9.71. The molecular formula is C14H8ClN3O3. The Hall–Kier alpha value is -2.91. The topological polar surface area (TPSA) is 103 Å². The van der Waals surface area contributed by atoms with Crippen LogP contribution in [0.1, 0.15) is 26.4 Å². The summed E-state index contributed by atoms with van der Waals surface area (Å²) >= 11 is 5.95. The lowest BCUT2D eigenvalue weighted by atomic mass is 10.2. The second kappa shape index (κ2) is 6.03. The molecule has 0 fully saturated rings. The standard InChI is InChI=1S/C14H8ClN3O3/c15-10-5-8(6-16)1-3-11(10)18-13(19)9-2-4-12(14(20)21)17-7-9/h1-5,7H,(H,18,19)(H,20,21). The molecular weight excluding hydrogens is 294 g/mol. The molecule has 7 heteroatoms. The van der Waals surface area contributed by atoms with Crippen molar-refractivity contribution in [2.24, 2.45) is 0 Å². The van der Waals surface area contributed by atoms with Gasteiger partial charge >= 0.3 is 5.97 Å². The first kappa shape index (κ1) is 14.5. The number of aromatic nitrogens is 1. The first-order chi connectivity index (χ1) is 10.0. The number of nitrogens with zero attached hydrogens (tertiary/aromatic N) is 2. The Morgan fingerprint density at radius 1 is 1.29 bits per heavy atom. The Morgan fingerprint density at radius 2 is 2.05 bits per heavy atom. The molecule has 0 bridgehead atoms. The van der Waals surface area contributed by atoms with Crippen LogP contribution in [0.25, 0.3) is 0 Å². The minimum atomic E-state index is -1.17. The summed E-state index contributed by atoms with van der Waals surface area (Å²) in [5, 5.41) is 20.3. The molecule has 2 rings (SSSR count). The minimum Gasteiger partial charge on any atom is -0.477 e. The van der Waals surface area contributed by atoms with Crippen LogP contribution in [0.4, 0.5) is 5.69 Å². The largest absolute Gasteiger partial charge is 0.477 e. The van der Waals surface area contributed by atoms with E-state index < -0.39 is 11.9 Å². The van der Waals surface area contributed by atoms with Gasteiger partial charge < -0.3 is 10.4 Å². The third kappa shape index (κ3) is 3.35. The van der Waals surface area contributed by atoms with E-state index >= 15 is 0 Å². The molecule has 0 unspecified atom stereocenters. The van der Waals surface area contributed by atoms with Gasteiger partial charge in [0.25, 0.3) is 5.91 Å². The zero-order valence-electron chi connectivity index (χ0n) is 10.5. The number of anilines is 1. The summed E-state index contributed by atoms with van der Waals surface area (Å²) in [6.07, 6.45) is 1.16. The predicted octanol–water partition coefficient (Wildman–Crippen LogP) is 2.56. The summed E-state index contributed by atoms with van der Waals surface area (Å²) in [5.41, 5.74) is 0.775. The van der Waals surface area contributed by atoms with Crippen molar-refractivity contribution >= 4 is 29.2 Å². The van der Waals surface area contributed by atoms with Crippen LogP contribution in [0.2, 0.25) is 5.02 Å².